The number of rotatable bonds is 4. The van der Waals surface area contributed by atoms with Crippen LogP contribution in [0.1, 0.15) is 21.6 Å². The molecule has 2 rings (SSSR count). The summed E-state index contributed by atoms with van der Waals surface area (Å²) in [7, 11) is 0. The summed E-state index contributed by atoms with van der Waals surface area (Å²) in [5, 5.41) is 2.14. The van der Waals surface area contributed by atoms with Crippen LogP contribution in [0.2, 0.25) is 0 Å². The van der Waals surface area contributed by atoms with E-state index in [-0.39, 0.29) is 0 Å². The molecule has 3 heteroatoms. The van der Waals surface area contributed by atoms with Crippen LogP contribution in [0.5, 0.6) is 0 Å². The lowest BCUT2D eigenvalue weighted by molar-refractivity contribution is 1.30. The summed E-state index contributed by atoms with van der Waals surface area (Å²) < 4.78 is 1.25. The SMILES string of the molecule is Cc1cc(C)cc(CSCc2sccc2Br)c1. The van der Waals surface area contributed by atoms with Crippen LogP contribution in [0, 0.1) is 13.8 Å². The molecule has 1 heterocycles. The molecule has 1 aromatic heterocycles. The highest BCUT2D eigenvalue weighted by molar-refractivity contribution is 9.10. The molecule has 2 aromatic rings. The third-order valence-electron chi connectivity index (χ3n) is 2.47. The first-order valence-corrected chi connectivity index (χ1v) is 8.34. The maximum atomic E-state index is 3.57. The first kappa shape index (κ1) is 13.2. The first-order valence-electron chi connectivity index (χ1n) is 5.52. The molecular weight excluding hydrogens is 312 g/mol. The molecule has 0 aliphatic rings. The fourth-order valence-corrected chi connectivity index (χ4v) is 4.67. The maximum Gasteiger partial charge on any atom is 0.0322 e. The van der Waals surface area contributed by atoms with Crippen LogP contribution in [0.15, 0.2) is 34.1 Å². The van der Waals surface area contributed by atoms with Crippen LogP contribution in [0.4, 0.5) is 0 Å². The standard InChI is InChI=1S/C14H15BrS2/c1-10-5-11(2)7-12(6-10)8-16-9-14-13(15)3-4-17-14/h3-7H,8-9H2,1-2H3. The Balaban J connectivity index is 1.92. The fraction of sp³-hybridized carbons (Fsp3) is 0.286. The Hall–Kier alpha value is -0.250. The van der Waals surface area contributed by atoms with Crippen molar-refractivity contribution in [3.63, 3.8) is 0 Å². The van der Waals surface area contributed by atoms with Crippen molar-refractivity contribution in [1.82, 2.24) is 0 Å². The van der Waals surface area contributed by atoms with Gasteiger partial charge in [-0.1, -0.05) is 29.3 Å². The van der Waals surface area contributed by atoms with Crippen molar-refractivity contribution in [3.05, 3.63) is 55.7 Å². The van der Waals surface area contributed by atoms with Crippen molar-refractivity contribution in [1.29, 1.82) is 0 Å². The van der Waals surface area contributed by atoms with Gasteiger partial charge in [-0.25, -0.2) is 0 Å². The molecule has 0 N–H and O–H groups in total. The maximum absolute atomic E-state index is 3.57. The van der Waals surface area contributed by atoms with E-state index in [9.17, 15) is 0 Å². The van der Waals surface area contributed by atoms with E-state index in [1.807, 2.05) is 23.1 Å². The number of aryl methyl sites for hydroxylation is 2. The topological polar surface area (TPSA) is 0 Å². The van der Waals surface area contributed by atoms with Gasteiger partial charge in [0.25, 0.3) is 0 Å². The molecule has 17 heavy (non-hydrogen) atoms. The lowest BCUT2D eigenvalue weighted by Gasteiger charge is -2.04. The lowest BCUT2D eigenvalue weighted by atomic mass is 10.1. The number of halogens is 1. The molecule has 0 radical (unpaired) electrons. The minimum atomic E-state index is 1.09. The highest BCUT2D eigenvalue weighted by Gasteiger charge is 2.02. The van der Waals surface area contributed by atoms with Gasteiger partial charge in [0.2, 0.25) is 0 Å². The summed E-state index contributed by atoms with van der Waals surface area (Å²) >= 11 is 7.37. The van der Waals surface area contributed by atoms with Gasteiger partial charge in [-0.2, -0.15) is 11.8 Å². The zero-order valence-electron chi connectivity index (χ0n) is 10.00. The Bertz CT molecular complexity index is 482. The van der Waals surface area contributed by atoms with Crippen LogP contribution >= 0.6 is 39.0 Å². The Kier molecular flexibility index (Phi) is 4.71. The third kappa shape index (κ3) is 3.87. The highest BCUT2D eigenvalue weighted by atomic mass is 79.9. The number of hydrogen-bond acceptors (Lipinski definition) is 2. The minimum Gasteiger partial charge on any atom is -0.152 e. The molecule has 0 aliphatic heterocycles. The molecule has 0 saturated heterocycles. The molecule has 0 bridgehead atoms. The van der Waals surface area contributed by atoms with E-state index in [4.69, 9.17) is 0 Å². The molecule has 0 aliphatic carbocycles. The van der Waals surface area contributed by atoms with E-state index in [0.29, 0.717) is 0 Å². The quantitative estimate of drug-likeness (QED) is 0.708. The van der Waals surface area contributed by atoms with E-state index >= 15 is 0 Å². The fourth-order valence-electron chi connectivity index (χ4n) is 1.84. The summed E-state index contributed by atoms with van der Waals surface area (Å²) in [6.07, 6.45) is 0. The van der Waals surface area contributed by atoms with E-state index in [0.717, 1.165) is 11.5 Å². The van der Waals surface area contributed by atoms with Gasteiger partial charge in [-0.15, -0.1) is 11.3 Å². The average Bonchev–Trinajstić information content (AvgIpc) is 2.63. The van der Waals surface area contributed by atoms with Crippen molar-refractivity contribution in [3.8, 4) is 0 Å². The number of hydrogen-bond donors (Lipinski definition) is 0. The Morgan fingerprint density at radius 1 is 1.12 bits per heavy atom. The van der Waals surface area contributed by atoms with Crippen molar-refractivity contribution in [2.75, 3.05) is 0 Å². The summed E-state index contributed by atoms with van der Waals surface area (Å²) in [5.74, 6) is 2.18. The summed E-state index contributed by atoms with van der Waals surface area (Å²) in [6.45, 7) is 4.33. The van der Waals surface area contributed by atoms with Crippen LogP contribution < -0.4 is 0 Å². The summed E-state index contributed by atoms with van der Waals surface area (Å²) in [6, 6.07) is 8.91. The Labute approximate surface area is 120 Å². The second-order valence-corrected chi connectivity index (χ2v) is 7.02. The van der Waals surface area contributed by atoms with Gasteiger partial charge < -0.3 is 0 Å². The van der Waals surface area contributed by atoms with Crippen LogP contribution in [-0.2, 0) is 11.5 Å². The van der Waals surface area contributed by atoms with Crippen LogP contribution in [0.3, 0.4) is 0 Å². The number of benzene rings is 1. The summed E-state index contributed by atoms with van der Waals surface area (Å²) in [4.78, 5) is 1.43. The molecule has 0 unspecified atom stereocenters. The molecule has 0 saturated carbocycles. The zero-order valence-corrected chi connectivity index (χ0v) is 13.2. The molecule has 0 amide bonds. The number of thiophene rings is 1. The second-order valence-electron chi connectivity index (χ2n) is 4.18. The van der Waals surface area contributed by atoms with Gasteiger partial charge in [0.1, 0.15) is 0 Å². The van der Waals surface area contributed by atoms with Gasteiger partial charge in [-0.05, 0) is 46.8 Å². The Morgan fingerprint density at radius 2 is 1.82 bits per heavy atom. The van der Waals surface area contributed by atoms with E-state index in [1.54, 1.807) is 0 Å². The molecule has 1 aromatic carbocycles. The normalized spacial score (nSPS) is 10.8. The smallest absolute Gasteiger partial charge is 0.0322 e. The molecule has 0 spiro atoms. The molecular formula is C14H15BrS2. The zero-order chi connectivity index (χ0) is 12.3. The van der Waals surface area contributed by atoms with E-state index in [2.05, 4.69) is 59.4 Å². The highest BCUT2D eigenvalue weighted by Crippen LogP contribution is 2.28. The van der Waals surface area contributed by atoms with Gasteiger partial charge in [0.05, 0.1) is 0 Å². The summed E-state index contributed by atoms with van der Waals surface area (Å²) in [5.41, 5.74) is 4.15. The lowest BCUT2D eigenvalue weighted by Crippen LogP contribution is -1.86. The predicted octanol–water partition coefficient (Wildman–Crippen LogP) is 5.56. The molecule has 0 atom stereocenters. The minimum absolute atomic E-state index is 1.09. The molecule has 0 nitrogen and oxygen atoms in total. The number of thioether (sulfide) groups is 1. The van der Waals surface area contributed by atoms with Crippen LogP contribution in [-0.4, -0.2) is 0 Å². The third-order valence-corrected chi connectivity index (χ3v) is 5.61. The van der Waals surface area contributed by atoms with E-state index < -0.39 is 0 Å². The Morgan fingerprint density at radius 3 is 2.41 bits per heavy atom. The average molecular weight is 327 g/mol. The van der Waals surface area contributed by atoms with Crippen molar-refractivity contribution < 1.29 is 0 Å². The van der Waals surface area contributed by atoms with Crippen molar-refractivity contribution in [2.45, 2.75) is 25.4 Å². The van der Waals surface area contributed by atoms with Gasteiger partial charge in [0, 0.05) is 20.9 Å². The van der Waals surface area contributed by atoms with Crippen molar-refractivity contribution in [2.24, 2.45) is 0 Å². The predicted molar refractivity (Wildman–Crippen MR) is 82.9 cm³/mol. The largest absolute Gasteiger partial charge is 0.152 e. The van der Waals surface area contributed by atoms with Crippen LogP contribution in [0.25, 0.3) is 0 Å². The van der Waals surface area contributed by atoms with E-state index in [1.165, 1.54) is 26.0 Å². The van der Waals surface area contributed by atoms with Crippen molar-refractivity contribution >= 4 is 39.0 Å². The monoisotopic (exact) mass is 326 g/mol. The molecule has 90 valence electrons. The van der Waals surface area contributed by atoms with Gasteiger partial charge in [-0.3, -0.25) is 0 Å². The van der Waals surface area contributed by atoms with Gasteiger partial charge in [0.15, 0.2) is 0 Å². The van der Waals surface area contributed by atoms with Gasteiger partial charge >= 0.3 is 0 Å². The molecule has 0 fully saturated rings. The first-order chi connectivity index (χ1) is 8.15. The second kappa shape index (κ2) is 6.07.